The second-order valence-corrected chi connectivity index (χ2v) is 8.98. The Labute approximate surface area is 198 Å². The number of methoxy groups -OCH3 is 1. The van der Waals surface area contributed by atoms with Gasteiger partial charge in [-0.15, -0.1) is 11.3 Å². The molecular formula is C23H22BrN3O4S. The number of carbonyl (C=O) groups is 2. The van der Waals surface area contributed by atoms with E-state index in [0.29, 0.717) is 18.1 Å². The molecule has 0 spiro atoms. The maximum absolute atomic E-state index is 12.9. The number of halogens is 1. The molecular weight excluding hydrogens is 494 g/mol. The van der Waals surface area contributed by atoms with E-state index in [1.54, 1.807) is 7.11 Å². The highest BCUT2D eigenvalue weighted by Gasteiger charge is 2.35. The van der Waals surface area contributed by atoms with Crippen LogP contribution in [0.4, 0.5) is 9.93 Å². The Morgan fingerprint density at radius 3 is 2.81 bits per heavy atom. The van der Waals surface area contributed by atoms with Gasteiger partial charge in [-0.25, -0.2) is 9.78 Å². The number of thiazole rings is 1. The van der Waals surface area contributed by atoms with E-state index in [2.05, 4.69) is 26.2 Å². The fourth-order valence-corrected chi connectivity index (χ4v) is 4.80. The van der Waals surface area contributed by atoms with E-state index in [1.165, 1.54) is 16.2 Å². The molecule has 0 saturated carbocycles. The van der Waals surface area contributed by atoms with Gasteiger partial charge in [0.25, 0.3) is 0 Å². The molecule has 2 aromatic carbocycles. The number of rotatable bonds is 6. The molecule has 3 aromatic rings. The Balaban J connectivity index is 1.38. The van der Waals surface area contributed by atoms with E-state index in [-0.39, 0.29) is 12.5 Å². The van der Waals surface area contributed by atoms with Crippen LogP contribution in [0.15, 0.2) is 58.4 Å². The zero-order valence-corrected chi connectivity index (χ0v) is 19.8. The second-order valence-electron chi connectivity index (χ2n) is 7.27. The molecule has 1 fully saturated rings. The number of anilines is 1. The van der Waals surface area contributed by atoms with Gasteiger partial charge in [-0.1, -0.05) is 30.3 Å². The molecule has 1 N–H and O–H groups in total. The molecule has 1 aliphatic heterocycles. The zero-order chi connectivity index (χ0) is 22.5. The minimum atomic E-state index is -0.569. The summed E-state index contributed by atoms with van der Waals surface area (Å²) in [4.78, 5) is 31.4. The average Bonchev–Trinajstić information content (AvgIpc) is 3.48. The molecule has 9 heteroatoms. The van der Waals surface area contributed by atoms with Crippen LogP contribution >= 0.6 is 27.3 Å². The standard InChI is InChI=1S/C23H22BrN3O4S/c1-30-20-10-9-16(12-17(20)24)18-14-32-22(25-18)26-21(28)19-8-5-11-27(19)23(29)31-13-15-6-3-2-4-7-15/h2-4,6-7,9-10,12,14,19H,5,8,11,13H2,1H3,(H,25,26,28). The van der Waals surface area contributed by atoms with Crippen LogP contribution in [0.3, 0.4) is 0 Å². The number of amides is 2. The summed E-state index contributed by atoms with van der Waals surface area (Å²) >= 11 is 4.82. The van der Waals surface area contributed by atoms with Crippen molar-refractivity contribution >= 4 is 44.4 Å². The number of likely N-dealkylation sites (tertiary alicyclic amines) is 1. The van der Waals surface area contributed by atoms with Crippen LogP contribution in [-0.2, 0) is 16.1 Å². The van der Waals surface area contributed by atoms with Crippen molar-refractivity contribution in [2.45, 2.75) is 25.5 Å². The molecule has 1 atom stereocenters. The number of nitrogens with zero attached hydrogens (tertiary/aromatic N) is 2. The van der Waals surface area contributed by atoms with Crippen LogP contribution in [0.1, 0.15) is 18.4 Å². The van der Waals surface area contributed by atoms with E-state index in [1.807, 2.05) is 53.9 Å². The molecule has 7 nitrogen and oxygen atoms in total. The molecule has 0 bridgehead atoms. The molecule has 1 aromatic heterocycles. The minimum absolute atomic E-state index is 0.178. The smallest absolute Gasteiger partial charge is 0.410 e. The lowest BCUT2D eigenvalue weighted by molar-refractivity contribution is -0.120. The highest BCUT2D eigenvalue weighted by molar-refractivity contribution is 9.10. The molecule has 166 valence electrons. The van der Waals surface area contributed by atoms with Crippen molar-refractivity contribution in [1.82, 2.24) is 9.88 Å². The third kappa shape index (κ3) is 5.11. The fourth-order valence-electron chi connectivity index (χ4n) is 3.54. The first kappa shape index (κ1) is 22.3. The summed E-state index contributed by atoms with van der Waals surface area (Å²) in [5.74, 6) is 0.481. The Hall–Kier alpha value is -2.91. The number of hydrogen-bond acceptors (Lipinski definition) is 6. The quantitative estimate of drug-likeness (QED) is 0.480. The highest BCUT2D eigenvalue weighted by atomic mass is 79.9. The zero-order valence-electron chi connectivity index (χ0n) is 17.4. The predicted molar refractivity (Wildman–Crippen MR) is 127 cm³/mol. The van der Waals surface area contributed by atoms with Gasteiger partial charge in [0.1, 0.15) is 18.4 Å². The normalized spacial score (nSPS) is 15.4. The SMILES string of the molecule is COc1ccc(-c2csc(NC(=O)C3CCCN3C(=O)OCc3ccccc3)n2)cc1Br. The van der Waals surface area contributed by atoms with Gasteiger partial charge in [0.2, 0.25) is 5.91 Å². The summed E-state index contributed by atoms with van der Waals surface area (Å²) in [5.41, 5.74) is 2.56. The molecule has 0 aliphatic carbocycles. The first-order valence-corrected chi connectivity index (χ1v) is 11.8. The lowest BCUT2D eigenvalue weighted by Gasteiger charge is -2.22. The van der Waals surface area contributed by atoms with E-state index >= 15 is 0 Å². The topological polar surface area (TPSA) is 80.8 Å². The van der Waals surface area contributed by atoms with Crippen molar-refractivity contribution in [3.05, 3.63) is 63.9 Å². The van der Waals surface area contributed by atoms with E-state index < -0.39 is 12.1 Å². The largest absolute Gasteiger partial charge is 0.496 e. The van der Waals surface area contributed by atoms with E-state index in [4.69, 9.17) is 9.47 Å². The van der Waals surface area contributed by atoms with Gasteiger partial charge in [-0.3, -0.25) is 9.69 Å². The minimum Gasteiger partial charge on any atom is -0.496 e. The molecule has 0 radical (unpaired) electrons. The van der Waals surface area contributed by atoms with Crippen molar-refractivity contribution in [2.75, 3.05) is 19.0 Å². The van der Waals surface area contributed by atoms with Crippen LogP contribution in [0.2, 0.25) is 0 Å². The van der Waals surface area contributed by atoms with Crippen LogP contribution < -0.4 is 10.1 Å². The molecule has 1 unspecified atom stereocenters. The summed E-state index contributed by atoms with van der Waals surface area (Å²) < 4.78 is 11.5. The Bertz CT molecular complexity index is 1110. The van der Waals surface area contributed by atoms with Crippen LogP contribution in [-0.4, -0.2) is 41.6 Å². The Morgan fingerprint density at radius 1 is 1.25 bits per heavy atom. The molecule has 2 amide bonds. The van der Waals surface area contributed by atoms with Gasteiger partial charge in [-0.2, -0.15) is 0 Å². The third-order valence-corrected chi connectivity index (χ3v) is 6.55. The van der Waals surface area contributed by atoms with Gasteiger partial charge in [0.05, 0.1) is 17.3 Å². The van der Waals surface area contributed by atoms with Crippen molar-refractivity contribution in [3.8, 4) is 17.0 Å². The number of ether oxygens (including phenoxy) is 2. The summed E-state index contributed by atoms with van der Waals surface area (Å²) in [7, 11) is 1.61. The number of nitrogens with one attached hydrogen (secondary N) is 1. The van der Waals surface area contributed by atoms with Crippen LogP contribution in [0.5, 0.6) is 5.75 Å². The number of benzene rings is 2. The predicted octanol–water partition coefficient (Wildman–Crippen LogP) is 5.32. The first-order valence-electron chi connectivity index (χ1n) is 10.1. The Kier molecular flexibility index (Phi) is 7.06. The monoisotopic (exact) mass is 515 g/mol. The highest BCUT2D eigenvalue weighted by Crippen LogP contribution is 2.32. The summed E-state index contributed by atoms with van der Waals surface area (Å²) in [6.45, 7) is 0.673. The van der Waals surface area contributed by atoms with Crippen LogP contribution in [0.25, 0.3) is 11.3 Å². The number of carbonyl (C=O) groups excluding carboxylic acids is 2. The average molecular weight is 516 g/mol. The second kappa shape index (κ2) is 10.1. The van der Waals surface area contributed by atoms with E-state index in [0.717, 1.165) is 33.5 Å². The fraction of sp³-hybridized carbons (Fsp3) is 0.261. The molecule has 32 heavy (non-hydrogen) atoms. The molecule has 4 rings (SSSR count). The lowest BCUT2D eigenvalue weighted by atomic mass is 10.2. The van der Waals surface area contributed by atoms with Gasteiger partial charge in [-0.05, 0) is 52.5 Å². The Morgan fingerprint density at radius 2 is 2.06 bits per heavy atom. The van der Waals surface area contributed by atoms with Crippen molar-refractivity contribution in [2.24, 2.45) is 0 Å². The number of aromatic nitrogens is 1. The van der Waals surface area contributed by atoms with Gasteiger partial charge in [0.15, 0.2) is 5.13 Å². The summed E-state index contributed by atoms with van der Waals surface area (Å²) in [6, 6.07) is 14.6. The number of hydrogen-bond donors (Lipinski definition) is 1. The maximum Gasteiger partial charge on any atom is 0.410 e. The molecule has 2 heterocycles. The van der Waals surface area contributed by atoms with Crippen molar-refractivity contribution in [3.63, 3.8) is 0 Å². The van der Waals surface area contributed by atoms with Crippen LogP contribution in [0, 0.1) is 0 Å². The first-order chi connectivity index (χ1) is 15.5. The van der Waals surface area contributed by atoms with Crippen molar-refractivity contribution in [1.29, 1.82) is 0 Å². The van der Waals surface area contributed by atoms with Gasteiger partial charge < -0.3 is 14.8 Å². The lowest BCUT2D eigenvalue weighted by Crippen LogP contribution is -2.43. The molecule has 1 aliphatic rings. The summed E-state index contributed by atoms with van der Waals surface area (Å²) in [6.07, 6.45) is 0.867. The third-order valence-electron chi connectivity index (χ3n) is 5.18. The van der Waals surface area contributed by atoms with E-state index in [9.17, 15) is 9.59 Å². The van der Waals surface area contributed by atoms with Crippen molar-refractivity contribution < 1.29 is 19.1 Å². The van der Waals surface area contributed by atoms with Gasteiger partial charge in [0, 0.05) is 17.5 Å². The molecule has 1 saturated heterocycles. The maximum atomic E-state index is 12.9. The van der Waals surface area contributed by atoms with Gasteiger partial charge >= 0.3 is 6.09 Å². The summed E-state index contributed by atoms with van der Waals surface area (Å²) in [5, 5.41) is 5.22.